The molecular weight excluding hydrogens is 254 g/mol. The second-order valence-corrected chi connectivity index (χ2v) is 4.10. The number of halogens is 1. The molecule has 2 aromatic rings. The van der Waals surface area contributed by atoms with Crippen molar-refractivity contribution in [2.24, 2.45) is 0 Å². The van der Waals surface area contributed by atoms with Gasteiger partial charge >= 0.3 is 0 Å². The van der Waals surface area contributed by atoms with E-state index in [0.29, 0.717) is 16.7 Å². The summed E-state index contributed by atoms with van der Waals surface area (Å²) in [5, 5.41) is 9.08. The summed E-state index contributed by atoms with van der Waals surface area (Å²) in [7, 11) is 0. The van der Waals surface area contributed by atoms with Crippen LogP contribution < -0.4 is 5.32 Å². The third-order valence-corrected chi connectivity index (χ3v) is 2.46. The van der Waals surface area contributed by atoms with E-state index in [4.69, 9.17) is 11.6 Å². The molecule has 0 spiro atoms. The number of pyridine rings is 1. The third kappa shape index (κ3) is 3.04. The van der Waals surface area contributed by atoms with Gasteiger partial charge in [-0.2, -0.15) is 10.1 Å². The van der Waals surface area contributed by atoms with Crippen LogP contribution in [-0.4, -0.2) is 26.1 Å². The first-order valence-electron chi connectivity index (χ1n) is 5.52. The first-order valence-corrected chi connectivity index (χ1v) is 5.90. The van der Waals surface area contributed by atoms with Gasteiger partial charge in [0.05, 0.1) is 0 Å². The van der Waals surface area contributed by atoms with Crippen LogP contribution in [0.1, 0.15) is 29.4 Å². The van der Waals surface area contributed by atoms with Crippen LogP contribution in [0, 0.1) is 0 Å². The zero-order valence-corrected chi connectivity index (χ0v) is 10.5. The Balaban J connectivity index is 2.19. The van der Waals surface area contributed by atoms with E-state index >= 15 is 0 Å². The monoisotopic (exact) mass is 265 g/mol. The summed E-state index contributed by atoms with van der Waals surface area (Å²) in [5.74, 6) is -0.00150. The summed E-state index contributed by atoms with van der Waals surface area (Å²) in [4.78, 5) is 19.9. The highest BCUT2D eigenvalue weighted by Crippen LogP contribution is 2.13. The van der Waals surface area contributed by atoms with Crippen molar-refractivity contribution in [3.05, 3.63) is 34.9 Å². The quantitative estimate of drug-likeness (QED) is 0.829. The first-order chi connectivity index (χ1) is 8.69. The number of aryl methyl sites for hydroxylation is 1. The molecular formula is C11H12ClN5O. The van der Waals surface area contributed by atoms with Crippen LogP contribution in [0.15, 0.2) is 18.5 Å². The van der Waals surface area contributed by atoms with Gasteiger partial charge in [-0.3, -0.25) is 10.1 Å². The van der Waals surface area contributed by atoms with E-state index in [2.05, 4.69) is 25.5 Å². The summed E-state index contributed by atoms with van der Waals surface area (Å²) in [6, 6.07) is 3.24. The van der Waals surface area contributed by atoms with Gasteiger partial charge in [-0.15, -0.1) is 0 Å². The molecule has 6 nitrogen and oxygen atoms in total. The Kier molecular flexibility index (Phi) is 3.88. The Morgan fingerprint density at radius 1 is 1.50 bits per heavy atom. The van der Waals surface area contributed by atoms with E-state index in [0.717, 1.165) is 18.5 Å². The van der Waals surface area contributed by atoms with Crippen LogP contribution in [-0.2, 0) is 6.42 Å². The minimum absolute atomic E-state index is 0.296. The molecule has 2 rings (SSSR count). The molecule has 0 aliphatic heterocycles. The fourth-order valence-electron chi connectivity index (χ4n) is 1.51. The van der Waals surface area contributed by atoms with Gasteiger partial charge in [0, 0.05) is 11.3 Å². The smallest absolute Gasteiger partial charge is 0.258 e. The van der Waals surface area contributed by atoms with Gasteiger partial charge in [0.1, 0.15) is 11.5 Å². The molecule has 2 N–H and O–H groups in total. The maximum Gasteiger partial charge on any atom is 0.258 e. The number of H-pyrrole nitrogens is 1. The SMILES string of the molecule is CCCc1cc(C(=O)Nc2ncn[nH]2)cc(Cl)n1. The third-order valence-electron chi connectivity index (χ3n) is 2.26. The minimum atomic E-state index is -0.298. The van der Waals surface area contributed by atoms with Crippen molar-refractivity contribution in [1.29, 1.82) is 0 Å². The zero-order valence-electron chi connectivity index (χ0n) is 9.77. The molecule has 0 saturated heterocycles. The predicted octanol–water partition coefficient (Wildman–Crippen LogP) is 2.06. The van der Waals surface area contributed by atoms with Crippen LogP contribution in [0.2, 0.25) is 5.15 Å². The molecule has 2 heterocycles. The van der Waals surface area contributed by atoms with Gasteiger partial charge in [-0.05, 0) is 18.6 Å². The fourth-order valence-corrected chi connectivity index (χ4v) is 1.74. The van der Waals surface area contributed by atoms with Crippen LogP contribution >= 0.6 is 11.6 Å². The Morgan fingerprint density at radius 2 is 2.33 bits per heavy atom. The van der Waals surface area contributed by atoms with E-state index in [9.17, 15) is 4.79 Å². The van der Waals surface area contributed by atoms with Crippen molar-refractivity contribution in [3.63, 3.8) is 0 Å². The van der Waals surface area contributed by atoms with Crippen molar-refractivity contribution >= 4 is 23.5 Å². The van der Waals surface area contributed by atoms with Crippen molar-refractivity contribution in [1.82, 2.24) is 20.2 Å². The van der Waals surface area contributed by atoms with E-state index < -0.39 is 0 Å². The zero-order chi connectivity index (χ0) is 13.0. The Hall–Kier alpha value is -1.95. The number of hydrogen-bond donors (Lipinski definition) is 2. The topological polar surface area (TPSA) is 83.6 Å². The Bertz CT molecular complexity index is 540. The number of carbonyl (C=O) groups is 1. The second kappa shape index (κ2) is 5.59. The summed E-state index contributed by atoms with van der Waals surface area (Å²) in [5.41, 5.74) is 1.25. The maximum absolute atomic E-state index is 11.9. The Labute approximate surface area is 109 Å². The van der Waals surface area contributed by atoms with Crippen LogP contribution in [0.3, 0.4) is 0 Å². The highest BCUT2D eigenvalue weighted by atomic mass is 35.5. The average Bonchev–Trinajstić information content (AvgIpc) is 2.81. The highest BCUT2D eigenvalue weighted by molar-refractivity contribution is 6.29. The van der Waals surface area contributed by atoms with Gasteiger partial charge in [-0.1, -0.05) is 24.9 Å². The molecule has 0 aliphatic carbocycles. The van der Waals surface area contributed by atoms with Crippen molar-refractivity contribution in [2.45, 2.75) is 19.8 Å². The lowest BCUT2D eigenvalue weighted by molar-refractivity contribution is 0.102. The number of nitrogens with one attached hydrogen (secondary N) is 2. The number of anilines is 1. The number of aromatic nitrogens is 4. The lowest BCUT2D eigenvalue weighted by Crippen LogP contribution is -2.13. The molecule has 0 fully saturated rings. The van der Waals surface area contributed by atoms with Crippen molar-refractivity contribution < 1.29 is 4.79 Å². The lowest BCUT2D eigenvalue weighted by atomic mass is 10.1. The number of aromatic amines is 1. The molecule has 0 radical (unpaired) electrons. The van der Waals surface area contributed by atoms with E-state index in [1.807, 2.05) is 6.92 Å². The molecule has 0 aromatic carbocycles. The fraction of sp³-hybridized carbons (Fsp3) is 0.273. The van der Waals surface area contributed by atoms with Crippen molar-refractivity contribution in [3.8, 4) is 0 Å². The first kappa shape index (κ1) is 12.5. The molecule has 0 unspecified atom stereocenters. The molecule has 0 saturated carbocycles. The standard InChI is InChI=1S/C11H12ClN5O/c1-2-3-8-4-7(5-9(12)15-8)10(18)16-11-13-6-14-17-11/h4-6H,2-3H2,1H3,(H2,13,14,16,17,18). The number of carbonyl (C=O) groups excluding carboxylic acids is 1. The van der Waals surface area contributed by atoms with Gasteiger partial charge in [0.25, 0.3) is 5.91 Å². The Morgan fingerprint density at radius 3 is 3.00 bits per heavy atom. The summed E-state index contributed by atoms with van der Waals surface area (Å²) < 4.78 is 0. The number of amides is 1. The molecule has 18 heavy (non-hydrogen) atoms. The van der Waals surface area contributed by atoms with Crippen LogP contribution in [0.5, 0.6) is 0 Å². The summed E-state index contributed by atoms with van der Waals surface area (Å²) in [6.07, 6.45) is 3.04. The maximum atomic E-state index is 11.9. The number of nitrogens with zero attached hydrogens (tertiary/aromatic N) is 3. The predicted molar refractivity (Wildman–Crippen MR) is 67.6 cm³/mol. The molecule has 0 bridgehead atoms. The molecule has 0 atom stereocenters. The average molecular weight is 266 g/mol. The molecule has 0 aliphatic rings. The highest BCUT2D eigenvalue weighted by Gasteiger charge is 2.10. The van der Waals surface area contributed by atoms with Gasteiger partial charge in [-0.25, -0.2) is 10.1 Å². The molecule has 7 heteroatoms. The van der Waals surface area contributed by atoms with Crippen molar-refractivity contribution in [2.75, 3.05) is 5.32 Å². The van der Waals surface area contributed by atoms with Crippen LogP contribution in [0.25, 0.3) is 0 Å². The van der Waals surface area contributed by atoms with Gasteiger partial charge in [0.15, 0.2) is 0 Å². The van der Waals surface area contributed by atoms with E-state index in [1.165, 1.54) is 12.4 Å². The summed E-state index contributed by atoms with van der Waals surface area (Å²) >= 11 is 5.88. The number of hydrogen-bond acceptors (Lipinski definition) is 4. The molecule has 1 amide bonds. The molecule has 94 valence electrons. The van der Waals surface area contributed by atoms with Crippen LogP contribution in [0.4, 0.5) is 5.95 Å². The second-order valence-electron chi connectivity index (χ2n) is 3.71. The normalized spacial score (nSPS) is 10.3. The van der Waals surface area contributed by atoms with E-state index in [-0.39, 0.29) is 5.91 Å². The summed E-state index contributed by atoms with van der Waals surface area (Å²) in [6.45, 7) is 2.04. The minimum Gasteiger partial charge on any atom is -0.291 e. The van der Waals surface area contributed by atoms with Gasteiger partial charge in [0.2, 0.25) is 5.95 Å². The van der Waals surface area contributed by atoms with Gasteiger partial charge < -0.3 is 0 Å². The largest absolute Gasteiger partial charge is 0.291 e. The molecule has 2 aromatic heterocycles. The van der Waals surface area contributed by atoms with E-state index in [1.54, 1.807) is 6.07 Å². The number of rotatable bonds is 4. The lowest BCUT2D eigenvalue weighted by Gasteiger charge is -2.05.